The summed E-state index contributed by atoms with van der Waals surface area (Å²) in [6, 6.07) is 8.06. The van der Waals surface area contributed by atoms with Gasteiger partial charge in [-0.2, -0.15) is 0 Å². The number of rotatable bonds is 3. The summed E-state index contributed by atoms with van der Waals surface area (Å²) in [4.78, 5) is 13.2. The number of nitrogens with two attached hydrogens (primary N) is 1. The number of fused-ring (bicyclic) bond motifs is 1. The number of amides is 1. The molecular formula is C15H18N2O. The lowest BCUT2D eigenvalue weighted by atomic mass is 9.99. The third-order valence-electron chi connectivity index (χ3n) is 2.82. The highest BCUT2D eigenvalue weighted by Gasteiger charge is 2.16. The highest BCUT2D eigenvalue weighted by atomic mass is 16.1. The van der Waals surface area contributed by atoms with Crippen molar-refractivity contribution in [3.05, 3.63) is 48.2 Å². The van der Waals surface area contributed by atoms with Gasteiger partial charge in [0, 0.05) is 30.1 Å². The second-order valence-electron chi connectivity index (χ2n) is 4.88. The van der Waals surface area contributed by atoms with Crippen molar-refractivity contribution >= 4 is 17.2 Å². The van der Waals surface area contributed by atoms with Crippen LogP contribution in [0.2, 0.25) is 0 Å². The van der Waals surface area contributed by atoms with E-state index in [2.05, 4.69) is 24.8 Å². The summed E-state index contributed by atoms with van der Waals surface area (Å²) in [6.45, 7) is 5.33. The standard InChI is InChI=1S/C15H18N2O/c1-11(2)10-17-8-7-12(9-15(16)18)13-5-3-4-6-14(13)17/h3-9,11H,10H2,1-2H3,(H2,16,18)/b12-9-. The summed E-state index contributed by atoms with van der Waals surface area (Å²) >= 11 is 0. The largest absolute Gasteiger partial charge is 0.366 e. The second kappa shape index (κ2) is 5.08. The summed E-state index contributed by atoms with van der Waals surface area (Å²) < 4.78 is 0. The molecule has 2 rings (SSSR count). The van der Waals surface area contributed by atoms with Gasteiger partial charge >= 0.3 is 0 Å². The van der Waals surface area contributed by atoms with Crippen LogP contribution in [0.3, 0.4) is 0 Å². The van der Waals surface area contributed by atoms with Gasteiger partial charge in [-0.1, -0.05) is 32.0 Å². The molecule has 3 heteroatoms. The quantitative estimate of drug-likeness (QED) is 0.828. The maximum absolute atomic E-state index is 11.0. The zero-order valence-corrected chi connectivity index (χ0v) is 10.8. The topological polar surface area (TPSA) is 46.3 Å². The minimum absolute atomic E-state index is 0.415. The third kappa shape index (κ3) is 2.62. The molecule has 18 heavy (non-hydrogen) atoms. The average Bonchev–Trinajstić information content (AvgIpc) is 2.31. The van der Waals surface area contributed by atoms with E-state index in [1.165, 1.54) is 6.08 Å². The molecule has 0 fully saturated rings. The highest BCUT2D eigenvalue weighted by Crippen LogP contribution is 2.32. The van der Waals surface area contributed by atoms with Gasteiger partial charge in [0.1, 0.15) is 0 Å². The molecule has 94 valence electrons. The van der Waals surface area contributed by atoms with Crippen LogP contribution in [0.5, 0.6) is 0 Å². The van der Waals surface area contributed by atoms with E-state index in [-0.39, 0.29) is 0 Å². The first-order valence-electron chi connectivity index (χ1n) is 6.13. The number of carbonyl (C=O) groups is 1. The van der Waals surface area contributed by atoms with Crippen molar-refractivity contribution in [2.24, 2.45) is 11.7 Å². The lowest BCUT2D eigenvalue weighted by Gasteiger charge is -2.29. The number of hydrogen-bond acceptors (Lipinski definition) is 2. The van der Waals surface area contributed by atoms with E-state index in [9.17, 15) is 4.79 Å². The first-order valence-corrected chi connectivity index (χ1v) is 6.13. The predicted octanol–water partition coefficient (Wildman–Crippen LogP) is 2.55. The Labute approximate surface area is 108 Å². The Kier molecular flexibility index (Phi) is 3.51. The molecule has 0 bridgehead atoms. The van der Waals surface area contributed by atoms with Crippen LogP contribution in [-0.2, 0) is 4.79 Å². The summed E-state index contributed by atoms with van der Waals surface area (Å²) in [6.07, 6.45) is 5.43. The number of carbonyl (C=O) groups excluding carboxylic acids is 1. The predicted molar refractivity (Wildman–Crippen MR) is 74.9 cm³/mol. The fraction of sp³-hybridized carbons (Fsp3) is 0.267. The molecule has 1 aliphatic heterocycles. The molecule has 1 heterocycles. The van der Waals surface area contributed by atoms with E-state index < -0.39 is 5.91 Å². The van der Waals surface area contributed by atoms with Crippen LogP contribution in [-0.4, -0.2) is 12.5 Å². The highest BCUT2D eigenvalue weighted by molar-refractivity contribution is 5.99. The molecule has 0 aliphatic carbocycles. The maximum atomic E-state index is 11.0. The van der Waals surface area contributed by atoms with Gasteiger partial charge in [-0.3, -0.25) is 4.79 Å². The molecule has 0 atom stereocenters. The van der Waals surface area contributed by atoms with Gasteiger partial charge < -0.3 is 10.6 Å². The van der Waals surface area contributed by atoms with Gasteiger partial charge in [0.05, 0.1) is 0 Å². The van der Waals surface area contributed by atoms with Crippen LogP contribution in [0.4, 0.5) is 5.69 Å². The van der Waals surface area contributed by atoms with E-state index in [1.54, 1.807) is 0 Å². The van der Waals surface area contributed by atoms with Gasteiger partial charge in [-0.05, 0) is 23.6 Å². The molecular weight excluding hydrogens is 224 g/mol. The van der Waals surface area contributed by atoms with Crippen LogP contribution >= 0.6 is 0 Å². The number of benzene rings is 1. The van der Waals surface area contributed by atoms with Crippen molar-refractivity contribution in [1.82, 2.24) is 0 Å². The van der Waals surface area contributed by atoms with Gasteiger partial charge in [0.2, 0.25) is 5.91 Å². The third-order valence-corrected chi connectivity index (χ3v) is 2.82. The van der Waals surface area contributed by atoms with Crippen molar-refractivity contribution in [1.29, 1.82) is 0 Å². The number of allylic oxidation sites excluding steroid dienone is 2. The molecule has 1 amide bonds. The summed E-state index contributed by atoms with van der Waals surface area (Å²) in [5.74, 6) is 0.158. The molecule has 2 N–H and O–H groups in total. The summed E-state index contributed by atoms with van der Waals surface area (Å²) in [5.41, 5.74) is 8.29. The molecule has 0 spiro atoms. The lowest BCUT2D eigenvalue weighted by molar-refractivity contribution is -0.113. The Bertz CT molecular complexity index is 515. The van der Waals surface area contributed by atoms with E-state index >= 15 is 0 Å². The van der Waals surface area contributed by atoms with Crippen LogP contribution in [0.25, 0.3) is 5.57 Å². The van der Waals surface area contributed by atoms with E-state index in [0.717, 1.165) is 23.4 Å². The Morgan fingerprint density at radius 3 is 2.78 bits per heavy atom. The van der Waals surface area contributed by atoms with Crippen molar-refractivity contribution < 1.29 is 4.79 Å². The van der Waals surface area contributed by atoms with Gasteiger partial charge in [0.25, 0.3) is 0 Å². The van der Waals surface area contributed by atoms with Crippen molar-refractivity contribution in [2.45, 2.75) is 13.8 Å². The smallest absolute Gasteiger partial charge is 0.242 e. The van der Waals surface area contributed by atoms with E-state index in [1.807, 2.05) is 30.5 Å². The zero-order chi connectivity index (χ0) is 13.1. The monoisotopic (exact) mass is 242 g/mol. The van der Waals surface area contributed by atoms with Crippen molar-refractivity contribution in [2.75, 3.05) is 11.4 Å². The molecule has 3 nitrogen and oxygen atoms in total. The van der Waals surface area contributed by atoms with Crippen LogP contribution < -0.4 is 10.6 Å². The molecule has 0 saturated heterocycles. The van der Waals surface area contributed by atoms with E-state index in [0.29, 0.717) is 5.92 Å². The van der Waals surface area contributed by atoms with Gasteiger partial charge in [-0.15, -0.1) is 0 Å². The van der Waals surface area contributed by atoms with Gasteiger partial charge in [0.15, 0.2) is 0 Å². The lowest BCUT2D eigenvalue weighted by Crippen LogP contribution is -2.24. The Morgan fingerprint density at radius 1 is 1.39 bits per heavy atom. The number of anilines is 1. The van der Waals surface area contributed by atoms with Crippen LogP contribution in [0, 0.1) is 5.92 Å². The van der Waals surface area contributed by atoms with Crippen LogP contribution in [0.15, 0.2) is 42.6 Å². The maximum Gasteiger partial charge on any atom is 0.242 e. The number of nitrogens with zero attached hydrogens (tertiary/aromatic N) is 1. The fourth-order valence-electron chi connectivity index (χ4n) is 2.14. The molecule has 0 aromatic heterocycles. The fourth-order valence-corrected chi connectivity index (χ4v) is 2.14. The molecule has 1 aliphatic rings. The summed E-state index contributed by atoms with van der Waals surface area (Å²) in [5, 5.41) is 0. The molecule has 0 saturated carbocycles. The Morgan fingerprint density at radius 2 is 2.11 bits per heavy atom. The Balaban J connectivity index is 2.42. The minimum atomic E-state index is -0.415. The van der Waals surface area contributed by atoms with Crippen molar-refractivity contribution in [3.63, 3.8) is 0 Å². The SMILES string of the molecule is CC(C)CN1C=C/C(=C/C(N)=O)c2ccccc21. The molecule has 1 aromatic rings. The molecule has 1 aromatic carbocycles. The first-order chi connectivity index (χ1) is 8.58. The number of hydrogen-bond donors (Lipinski definition) is 1. The Hall–Kier alpha value is -2.03. The summed E-state index contributed by atoms with van der Waals surface area (Å²) in [7, 11) is 0. The average molecular weight is 242 g/mol. The molecule has 0 unspecified atom stereocenters. The number of primary amides is 1. The zero-order valence-electron chi connectivity index (χ0n) is 10.8. The first kappa shape index (κ1) is 12.4. The number of para-hydroxylation sites is 1. The van der Waals surface area contributed by atoms with Crippen molar-refractivity contribution in [3.8, 4) is 0 Å². The van der Waals surface area contributed by atoms with Crippen LogP contribution in [0.1, 0.15) is 19.4 Å². The minimum Gasteiger partial charge on any atom is -0.366 e. The van der Waals surface area contributed by atoms with Gasteiger partial charge in [-0.25, -0.2) is 0 Å². The van der Waals surface area contributed by atoms with E-state index in [4.69, 9.17) is 5.73 Å². The molecule has 0 radical (unpaired) electrons. The normalized spacial score (nSPS) is 16.2. The second-order valence-corrected chi connectivity index (χ2v) is 4.88.